The molecular weight excluding hydrogens is 292 g/mol. The van der Waals surface area contributed by atoms with E-state index in [1.165, 1.54) is 26.5 Å². The van der Waals surface area contributed by atoms with Crippen molar-refractivity contribution in [1.82, 2.24) is 19.9 Å². The summed E-state index contributed by atoms with van der Waals surface area (Å²) in [4.78, 5) is 14.1. The first-order valence-electron chi connectivity index (χ1n) is 8.63. The molecule has 0 N–H and O–H groups in total. The molecule has 4 rings (SSSR count). The number of methoxy groups -OCH3 is 1. The molecule has 1 saturated heterocycles. The highest BCUT2D eigenvalue weighted by Crippen LogP contribution is 2.43. The van der Waals surface area contributed by atoms with Crippen molar-refractivity contribution in [1.29, 1.82) is 0 Å². The lowest BCUT2D eigenvalue weighted by Gasteiger charge is -2.34. The SMILES string of the molecule is COC(=O)c1cn(C2CCN(CC3CC4C=CC3C4)CC2)nn1. The Bertz CT molecular complexity index is 603. The van der Waals surface area contributed by atoms with Gasteiger partial charge < -0.3 is 9.64 Å². The second-order valence-electron chi connectivity index (χ2n) is 7.15. The molecule has 3 atom stereocenters. The van der Waals surface area contributed by atoms with Gasteiger partial charge in [0.15, 0.2) is 5.69 Å². The Labute approximate surface area is 136 Å². The Kier molecular flexibility index (Phi) is 3.93. The number of nitrogens with zero attached hydrogens (tertiary/aromatic N) is 4. The molecule has 0 aromatic carbocycles. The van der Waals surface area contributed by atoms with Gasteiger partial charge >= 0.3 is 5.97 Å². The Hall–Kier alpha value is -1.69. The fraction of sp³-hybridized carbons (Fsp3) is 0.706. The fourth-order valence-electron chi connectivity index (χ4n) is 4.46. The molecule has 23 heavy (non-hydrogen) atoms. The van der Waals surface area contributed by atoms with Gasteiger partial charge in [-0.05, 0) is 43.4 Å². The first-order chi connectivity index (χ1) is 11.2. The third-order valence-corrected chi connectivity index (χ3v) is 5.75. The van der Waals surface area contributed by atoms with Crippen molar-refractivity contribution < 1.29 is 9.53 Å². The van der Waals surface area contributed by atoms with Gasteiger partial charge in [0.2, 0.25) is 0 Å². The minimum atomic E-state index is -0.418. The van der Waals surface area contributed by atoms with Gasteiger partial charge in [0.1, 0.15) is 0 Å². The second-order valence-corrected chi connectivity index (χ2v) is 7.15. The van der Waals surface area contributed by atoms with Gasteiger partial charge in [0.05, 0.1) is 19.3 Å². The van der Waals surface area contributed by atoms with E-state index in [2.05, 4.69) is 32.1 Å². The smallest absolute Gasteiger partial charge is 0.360 e. The third-order valence-electron chi connectivity index (χ3n) is 5.75. The topological polar surface area (TPSA) is 60.2 Å². The Morgan fingerprint density at radius 3 is 2.78 bits per heavy atom. The highest BCUT2D eigenvalue weighted by Gasteiger charge is 2.36. The average molecular weight is 316 g/mol. The van der Waals surface area contributed by atoms with Gasteiger partial charge in [0.25, 0.3) is 0 Å². The zero-order chi connectivity index (χ0) is 15.8. The molecule has 2 bridgehead atoms. The van der Waals surface area contributed by atoms with E-state index in [4.69, 9.17) is 0 Å². The van der Waals surface area contributed by atoms with Crippen LogP contribution in [0.5, 0.6) is 0 Å². The number of likely N-dealkylation sites (tertiary alicyclic amines) is 1. The lowest BCUT2D eigenvalue weighted by atomic mass is 9.92. The number of allylic oxidation sites excluding steroid dienone is 2. The predicted molar refractivity (Wildman–Crippen MR) is 84.9 cm³/mol. The molecule has 0 radical (unpaired) electrons. The number of carbonyl (C=O) groups excluding carboxylic acids is 1. The van der Waals surface area contributed by atoms with Gasteiger partial charge in [-0.1, -0.05) is 17.4 Å². The quantitative estimate of drug-likeness (QED) is 0.627. The largest absolute Gasteiger partial charge is 0.464 e. The summed E-state index contributed by atoms with van der Waals surface area (Å²) in [7, 11) is 1.37. The van der Waals surface area contributed by atoms with E-state index >= 15 is 0 Å². The van der Waals surface area contributed by atoms with Crippen LogP contribution in [0.25, 0.3) is 0 Å². The van der Waals surface area contributed by atoms with Crippen molar-refractivity contribution >= 4 is 5.97 Å². The van der Waals surface area contributed by atoms with Crippen LogP contribution in [0.1, 0.15) is 42.2 Å². The fourth-order valence-corrected chi connectivity index (χ4v) is 4.46. The third kappa shape index (κ3) is 2.92. The molecule has 1 aromatic heterocycles. The number of ether oxygens (including phenoxy) is 1. The lowest BCUT2D eigenvalue weighted by molar-refractivity contribution is 0.0594. The number of piperidine rings is 1. The van der Waals surface area contributed by atoms with Gasteiger partial charge in [-0.2, -0.15) is 0 Å². The van der Waals surface area contributed by atoms with Crippen LogP contribution in [0.3, 0.4) is 0 Å². The van der Waals surface area contributed by atoms with Crippen LogP contribution in [0, 0.1) is 17.8 Å². The number of rotatable bonds is 4. The Morgan fingerprint density at radius 1 is 1.30 bits per heavy atom. The number of aromatic nitrogens is 3. The van der Waals surface area contributed by atoms with Crippen molar-refractivity contribution in [2.75, 3.05) is 26.7 Å². The molecule has 2 heterocycles. The average Bonchev–Trinajstić information content (AvgIpc) is 3.31. The highest BCUT2D eigenvalue weighted by molar-refractivity contribution is 5.86. The summed E-state index contributed by atoms with van der Waals surface area (Å²) in [6.45, 7) is 3.45. The summed E-state index contributed by atoms with van der Waals surface area (Å²) < 4.78 is 6.52. The normalized spacial score (nSPS) is 30.9. The number of carbonyl (C=O) groups is 1. The standard InChI is InChI=1S/C17H24N4O2/c1-23-17(22)16-11-21(19-18-16)15-4-6-20(7-5-15)10-14-9-12-2-3-13(14)8-12/h2-3,11-15H,4-10H2,1H3. The van der Waals surface area contributed by atoms with Crippen LogP contribution in [0.2, 0.25) is 0 Å². The molecule has 3 aliphatic rings. The van der Waals surface area contributed by atoms with Gasteiger partial charge in [-0.15, -0.1) is 5.10 Å². The summed E-state index contributed by atoms with van der Waals surface area (Å²) in [6.07, 6.45) is 11.5. The molecule has 3 unspecified atom stereocenters. The zero-order valence-electron chi connectivity index (χ0n) is 13.6. The van der Waals surface area contributed by atoms with Crippen LogP contribution >= 0.6 is 0 Å². The summed E-state index contributed by atoms with van der Waals surface area (Å²) in [5.41, 5.74) is 0.295. The molecule has 124 valence electrons. The van der Waals surface area contributed by atoms with Crippen LogP contribution in [-0.2, 0) is 4.74 Å². The zero-order valence-corrected chi connectivity index (χ0v) is 13.6. The van der Waals surface area contributed by atoms with E-state index in [1.807, 2.05) is 4.68 Å². The monoisotopic (exact) mass is 316 g/mol. The minimum absolute atomic E-state index is 0.295. The number of esters is 1. The van der Waals surface area contributed by atoms with Crippen LogP contribution in [0.15, 0.2) is 18.3 Å². The highest BCUT2D eigenvalue weighted by atomic mass is 16.5. The second kappa shape index (κ2) is 6.07. The maximum Gasteiger partial charge on any atom is 0.360 e. The van der Waals surface area contributed by atoms with Crippen LogP contribution < -0.4 is 0 Å². The van der Waals surface area contributed by atoms with Crippen molar-refractivity contribution in [3.63, 3.8) is 0 Å². The van der Waals surface area contributed by atoms with Crippen molar-refractivity contribution in [2.45, 2.75) is 31.7 Å². The van der Waals surface area contributed by atoms with E-state index in [0.717, 1.165) is 43.7 Å². The van der Waals surface area contributed by atoms with Gasteiger partial charge in [0, 0.05) is 19.6 Å². The number of hydrogen-bond donors (Lipinski definition) is 0. The maximum absolute atomic E-state index is 11.5. The minimum Gasteiger partial charge on any atom is -0.464 e. The summed E-state index contributed by atoms with van der Waals surface area (Å²) in [6, 6.07) is 0.345. The first-order valence-corrected chi connectivity index (χ1v) is 8.63. The lowest BCUT2D eigenvalue weighted by Crippen LogP contribution is -2.38. The molecule has 2 fully saturated rings. The molecule has 6 nitrogen and oxygen atoms in total. The van der Waals surface area contributed by atoms with Crippen molar-refractivity contribution in [3.05, 3.63) is 24.0 Å². The van der Waals surface area contributed by atoms with E-state index in [9.17, 15) is 4.79 Å². The van der Waals surface area contributed by atoms with Crippen LogP contribution in [0.4, 0.5) is 0 Å². The van der Waals surface area contributed by atoms with Crippen molar-refractivity contribution in [3.8, 4) is 0 Å². The summed E-state index contributed by atoms with van der Waals surface area (Å²) >= 11 is 0. The summed E-state index contributed by atoms with van der Waals surface area (Å²) in [5, 5.41) is 8.01. The van der Waals surface area contributed by atoms with E-state index in [0.29, 0.717) is 11.7 Å². The van der Waals surface area contributed by atoms with E-state index in [-0.39, 0.29) is 0 Å². The van der Waals surface area contributed by atoms with Crippen molar-refractivity contribution in [2.24, 2.45) is 17.8 Å². The number of hydrogen-bond acceptors (Lipinski definition) is 5. The van der Waals surface area contributed by atoms with Crippen LogP contribution in [-0.4, -0.2) is 52.6 Å². The Balaban J connectivity index is 1.30. The predicted octanol–water partition coefficient (Wildman–Crippen LogP) is 1.91. The van der Waals surface area contributed by atoms with E-state index in [1.54, 1.807) is 6.20 Å². The molecule has 6 heteroatoms. The summed E-state index contributed by atoms with van der Waals surface area (Å²) in [5.74, 6) is 2.13. The molecule has 2 aliphatic carbocycles. The van der Waals surface area contributed by atoms with E-state index < -0.39 is 5.97 Å². The van der Waals surface area contributed by atoms with Gasteiger partial charge in [-0.25, -0.2) is 9.48 Å². The Morgan fingerprint density at radius 2 is 2.13 bits per heavy atom. The maximum atomic E-state index is 11.5. The number of fused-ring (bicyclic) bond motifs is 2. The van der Waals surface area contributed by atoms with Gasteiger partial charge in [-0.3, -0.25) is 0 Å². The molecule has 1 aliphatic heterocycles. The molecule has 0 spiro atoms. The first kappa shape index (κ1) is 14.9. The molecule has 1 aromatic rings. The molecule has 0 amide bonds. The molecular formula is C17H24N4O2. The molecule has 1 saturated carbocycles.